The van der Waals surface area contributed by atoms with Crippen LogP contribution in [0.5, 0.6) is 5.75 Å². The summed E-state index contributed by atoms with van der Waals surface area (Å²) in [5.41, 5.74) is 8.70. The molecule has 25 heavy (non-hydrogen) atoms. The zero-order valence-electron chi connectivity index (χ0n) is 14.7. The molecule has 3 rings (SSSR count). The average molecular weight is 339 g/mol. The van der Waals surface area contributed by atoms with E-state index in [4.69, 9.17) is 10.5 Å². The number of aryl methyl sites for hydroxylation is 2. The summed E-state index contributed by atoms with van der Waals surface area (Å²) in [6, 6.07) is 7.55. The van der Waals surface area contributed by atoms with E-state index in [9.17, 15) is 4.79 Å². The number of ether oxygens (including phenoxy) is 1. The minimum atomic E-state index is -0.547. The number of carbonyl (C=O) groups excluding carboxylic acids is 1. The standard InChI is InChI=1S/C18H21N5O2/c1-10(2)25-13-7-5-6-12(8-13)21-16-14(17(19)24)9-20-18-15(16)11(3)22-23(18)4/h5-10H,1-4H3,(H2,19,24)(H,20,21). The van der Waals surface area contributed by atoms with Crippen LogP contribution < -0.4 is 15.8 Å². The van der Waals surface area contributed by atoms with Gasteiger partial charge < -0.3 is 15.8 Å². The third-order valence-corrected chi connectivity index (χ3v) is 3.77. The van der Waals surface area contributed by atoms with Gasteiger partial charge in [-0.1, -0.05) is 6.07 Å². The van der Waals surface area contributed by atoms with Gasteiger partial charge in [-0.05, 0) is 32.9 Å². The van der Waals surface area contributed by atoms with Crippen molar-refractivity contribution < 1.29 is 9.53 Å². The summed E-state index contributed by atoms with van der Waals surface area (Å²) in [5.74, 6) is 0.198. The third kappa shape index (κ3) is 3.26. The predicted molar refractivity (Wildman–Crippen MR) is 97.3 cm³/mol. The lowest BCUT2D eigenvalue weighted by Gasteiger charge is -2.14. The summed E-state index contributed by atoms with van der Waals surface area (Å²) >= 11 is 0. The fraction of sp³-hybridized carbons (Fsp3) is 0.278. The van der Waals surface area contributed by atoms with Gasteiger partial charge in [-0.15, -0.1) is 0 Å². The first-order valence-corrected chi connectivity index (χ1v) is 8.02. The van der Waals surface area contributed by atoms with Crippen LogP contribution in [0, 0.1) is 6.92 Å². The van der Waals surface area contributed by atoms with Crippen LogP contribution in [-0.4, -0.2) is 26.8 Å². The number of pyridine rings is 1. The van der Waals surface area contributed by atoms with Gasteiger partial charge in [-0.3, -0.25) is 9.48 Å². The van der Waals surface area contributed by atoms with Crippen LogP contribution >= 0.6 is 0 Å². The normalized spacial score (nSPS) is 11.1. The Bertz CT molecular complexity index is 946. The molecule has 0 fully saturated rings. The number of benzene rings is 1. The van der Waals surface area contributed by atoms with Crippen molar-refractivity contribution in [3.05, 3.63) is 41.7 Å². The van der Waals surface area contributed by atoms with Gasteiger partial charge in [-0.2, -0.15) is 5.10 Å². The van der Waals surface area contributed by atoms with Crippen LogP contribution in [0.25, 0.3) is 11.0 Å². The van der Waals surface area contributed by atoms with Gasteiger partial charge in [-0.25, -0.2) is 4.98 Å². The summed E-state index contributed by atoms with van der Waals surface area (Å²) in [6.45, 7) is 5.81. The molecule has 3 N–H and O–H groups in total. The second-order valence-corrected chi connectivity index (χ2v) is 6.14. The van der Waals surface area contributed by atoms with Crippen LogP contribution in [0.4, 0.5) is 11.4 Å². The lowest BCUT2D eigenvalue weighted by atomic mass is 10.1. The molecule has 0 saturated carbocycles. The highest BCUT2D eigenvalue weighted by molar-refractivity contribution is 6.07. The summed E-state index contributed by atoms with van der Waals surface area (Å²) in [4.78, 5) is 16.2. The van der Waals surface area contributed by atoms with Crippen LogP contribution in [0.1, 0.15) is 29.9 Å². The second kappa shape index (κ2) is 6.43. The molecule has 2 aromatic heterocycles. The van der Waals surface area contributed by atoms with Crippen molar-refractivity contribution in [3.63, 3.8) is 0 Å². The van der Waals surface area contributed by atoms with Gasteiger partial charge in [0, 0.05) is 25.0 Å². The molecule has 0 radical (unpaired) electrons. The maximum atomic E-state index is 11.9. The topological polar surface area (TPSA) is 95.1 Å². The Morgan fingerprint density at radius 1 is 1.36 bits per heavy atom. The Morgan fingerprint density at radius 3 is 2.80 bits per heavy atom. The molecule has 0 aliphatic rings. The van der Waals surface area contributed by atoms with Gasteiger partial charge >= 0.3 is 0 Å². The molecule has 1 amide bonds. The molecule has 0 bridgehead atoms. The highest BCUT2D eigenvalue weighted by Crippen LogP contribution is 2.32. The zero-order chi connectivity index (χ0) is 18.1. The van der Waals surface area contributed by atoms with E-state index < -0.39 is 5.91 Å². The summed E-state index contributed by atoms with van der Waals surface area (Å²) < 4.78 is 7.40. The van der Waals surface area contributed by atoms with E-state index in [1.54, 1.807) is 4.68 Å². The van der Waals surface area contributed by atoms with E-state index in [0.717, 1.165) is 22.5 Å². The summed E-state index contributed by atoms with van der Waals surface area (Å²) in [7, 11) is 1.81. The van der Waals surface area contributed by atoms with Crippen molar-refractivity contribution in [2.75, 3.05) is 5.32 Å². The molecular formula is C18H21N5O2. The number of hydrogen-bond donors (Lipinski definition) is 2. The van der Waals surface area contributed by atoms with Gasteiger partial charge in [0.2, 0.25) is 0 Å². The van der Waals surface area contributed by atoms with Gasteiger partial charge in [0.25, 0.3) is 5.91 Å². The number of nitrogens with two attached hydrogens (primary N) is 1. The number of hydrogen-bond acceptors (Lipinski definition) is 5. The molecule has 0 saturated heterocycles. The Kier molecular flexibility index (Phi) is 4.31. The maximum absolute atomic E-state index is 11.9. The Hall–Kier alpha value is -3.09. The molecule has 1 aromatic carbocycles. The maximum Gasteiger partial charge on any atom is 0.252 e. The minimum Gasteiger partial charge on any atom is -0.491 e. The number of nitrogens with one attached hydrogen (secondary N) is 1. The number of carbonyl (C=O) groups is 1. The first-order valence-electron chi connectivity index (χ1n) is 8.02. The quantitative estimate of drug-likeness (QED) is 0.745. The highest BCUT2D eigenvalue weighted by atomic mass is 16.5. The van der Waals surface area contributed by atoms with E-state index >= 15 is 0 Å². The van der Waals surface area contributed by atoms with Crippen LogP contribution in [0.3, 0.4) is 0 Å². The van der Waals surface area contributed by atoms with Crippen molar-refractivity contribution >= 4 is 28.3 Å². The second-order valence-electron chi connectivity index (χ2n) is 6.14. The Balaban J connectivity index is 2.11. The molecule has 3 aromatic rings. The van der Waals surface area contributed by atoms with E-state index in [0.29, 0.717) is 16.9 Å². The van der Waals surface area contributed by atoms with Gasteiger partial charge in [0.05, 0.1) is 28.4 Å². The molecule has 0 unspecified atom stereocenters. The van der Waals surface area contributed by atoms with E-state index in [1.165, 1.54) is 6.20 Å². The molecule has 130 valence electrons. The fourth-order valence-corrected chi connectivity index (χ4v) is 2.79. The van der Waals surface area contributed by atoms with E-state index in [-0.39, 0.29) is 6.10 Å². The van der Waals surface area contributed by atoms with Crippen LogP contribution in [-0.2, 0) is 7.05 Å². The SMILES string of the molecule is Cc1nn(C)c2ncc(C(N)=O)c(Nc3cccc(OC(C)C)c3)c12. The smallest absolute Gasteiger partial charge is 0.252 e. The average Bonchev–Trinajstić information content (AvgIpc) is 2.82. The summed E-state index contributed by atoms with van der Waals surface area (Å²) in [6.07, 6.45) is 1.55. The number of primary amides is 1. The van der Waals surface area contributed by atoms with E-state index in [2.05, 4.69) is 15.4 Å². The molecule has 0 aliphatic carbocycles. The molecule has 0 spiro atoms. The van der Waals surface area contributed by atoms with Crippen LogP contribution in [0.15, 0.2) is 30.5 Å². The number of amides is 1. The number of anilines is 2. The number of rotatable bonds is 5. The lowest BCUT2D eigenvalue weighted by Crippen LogP contribution is -2.14. The molecule has 0 atom stereocenters. The zero-order valence-corrected chi connectivity index (χ0v) is 14.7. The molecule has 2 heterocycles. The summed E-state index contributed by atoms with van der Waals surface area (Å²) in [5, 5.41) is 8.45. The third-order valence-electron chi connectivity index (χ3n) is 3.77. The number of aromatic nitrogens is 3. The van der Waals surface area contributed by atoms with Gasteiger partial charge in [0.1, 0.15) is 5.75 Å². The minimum absolute atomic E-state index is 0.0737. The first kappa shape index (κ1) is 16.8. The van der Waals surface area contributed by atoms with Gasteiger partial charge in [0.15, 0.2) is 5.65 Å². The molecule has 7 nitrogen and oxygen atoms in total. The largest absolute Gasteiger partial charge is 0.491 e. The van der Waals surface area contributed by atoms with Crippen molar-refractivity contribution in [3.8, 4) is 5.75 Å². The van der Waals surface area contributed by atoms with Crippen LogP contribution in [0.2, 0.25) is 0 Å². The first-order chi connectivity index (χ1) is 11.9. The molecule has 0 aliphatic heterocycles. The highest BCUT2D eigenvalue weighted by Gasteiger charge is 2.18. The number of nitrogens with zero attached hydrogens (tertiary/aromatic N) is 3. The predicted octanol–water partition coefficient (Wildman–Crippen LogP) is 2.91. The van der Waals surface area contributed by atoms with Crippen molar-refractivity contribution in [2.24, 2.45) is 12.8 Å². The van der Waals surface area contributed by atoms with Crippen molar-refractivity contribution in [1.29, 1.82) is 0 Å². The van der Waals surface area contributed by atoms with Crippen molar-refractivity contribution in [1.82, 2.24) is 14.8 Å². The lowest BCUT2D eigenvalue weighted by molar-refractivity contribution is 0.100. The Labute approximate surface area is 145 Å². The molecular weight excluding hydrogens is 318 g/mol. The Morgan fingerprint density at radius 2 is 2.12 bits per heavy atom. The fourth-order valence-electron chi connectivity index (χ4n) is 2.79. The molecule has 7 heteroatoms. The van der Waals surface area contributed by atoms with Crippen molar-refractivity contribution in [2.45, 2.75) is 26.9 Å². The monoisotopic (exact) mass is 339 g/mol. The van der Waals surface area contributed by atoms with E-state index in [1.807, 2.05) is 52.1 Å². The number of fused-ring (bicyclic) bond motifs is 1.